The number of halogens is 2. The molecule has 1 aromatic carbocycles. The minimum absolute atomic E-state index is 0.0399. The molecular formula is C23H22ClFN6O3. The monoisotopic (exact) mass is 484 g/mol. The summed E-state index contributed by atoms with van der Waals surface area (Å²) in [5.74, 6) is -0.607. The van der Waals surface area contributed by atoms with E-state index < -0.39 is 29.2 Å². The van der Waals surface area contributed by atoms with Crippen LogP contribution in [-0.2, 0) is 4.79 Å². The summed E-state index contributed by atoms with van der Waals surface area (Å²) in [4.78, 5) is 37.5. The normalized spacial score (nSPS) is 14.6. The third-order valence-electron chi connectivity index (χ3n) is 5.34. The van der Waals surface area contributed by atoms with Crippen molar-refractivity contribution in [1.29, 1.82) is 0 Å². The molecule has 0 bridgehead atoms. The Hall–Kier alpha value is -3.79. The topological polar surface area (TPSA) is 118 Å². The second kappa shape index (κ2) is 9.60. The highest BCUT2D eigenvalue weighted by atomic mass is 35.5. The zero-order valence-electron chi connectivity index (χ0n) is 18.4. The quantitative estimate of drug-likeness (QED) is 0.446. The van der Waals surface area contributed by atoms with E-state index in [4.69, 9.17) is 16.3 Å². The third kappa shape index (κ3) is 5.07. The van der Waals surface area contributed by atoms with Crippen LogP contribution in [0.15, 0.2) is 48.9 Å². The second-order valence-corrected chi connectivity index (χ2v) is 8.25. The highest BCUT2D eigenvalue weighted by Gasteiger charge is 2.51. The van der Waals surface area contributed by atoms with E-state index in [9.17, 15) is 14.0 Å². The van der Waals surface area contributed by atoms with E-state index in [1.54, 1.807) is 38.2 Å². The number of pyridine rings is 1. The van der Waals surface area contributed by atoms with Gasteiger partial charge in [0.1, 0.15) is 17.0 Å². The van der Waals surface area contributed by atoms with Gasteiger partial charge >= 0.3 is 0 Å². The Morgan fingerprint density at radius 1 is 1.15 bits per heavy atom. The van der Waals surface area contributed by atoms with Crippen LogP contribution in [0.5, 0.6) is 11.5 Å². The van der Waals surface area contributed by atoms with E-state index >= 15 is 0 Å². The van der Waals surface area contributed by atoms with Gasteiger partial charge in [0, 0.05) is 25.5 Å². The number of nitrogens with zero attached hydrogens (tertiary/aromatic N) is 3. The minimum Gasteiger partial charge on any atom is -0.454 e. The minimum atomic E-state index is -1.06. The molecule has 176 valence electrons. The molecule has 1 aliphatic carbocycles. The van der Waals surface area contributed by atoms with Crippen molar-refractivity contribution in [2.45, 2.75) is 31.3 Å². The molecule has 1 saturated carbocycles. The summed E-state index contributed by atoms with van der Waals surface area (Å²) in [5, 5.41) is 8.62. The smallest absolute Gasteiger partial charge is 0.255 e. The lowest BCUT2D eigenvalue weighted by atomic mass is 10.1. The Morgan fingerprint density at radius 2 is 1.85 bits per heavy atom. The highest BCUT2D eigenvalue weighted by molar-refractivity contribution is 6.32. The number of amides is 2. The molecule has 1 aliphatic rings. The summed E-state index contributed by atoms with van der Waals surface area (Å²) in [5.41, 5.74) is -0.789. The Balaban J connectivity index is 1.39. The number of para-hydroxylation sites is 1. The van der Waals surface area contributed by atoms with Crippen LogP contribution in [-0.4, -0.2) is 39.4 Å². The lowest BCUT2D eigenvalue weighted by Gasteiger charge is -2.21. The Labute approximate surface area is 200 Å². The maximum absolute atomic E-state index is 14.7. The third-order valence-corrected chi connectivity index (χ3v) is 5.65. The number of anilines is 1. The van der Waals surface area contributed by atoms with Gasteiger partial charge in [0.2, 0.25) is 11.9 Å². The number of carbonyl (C=O) groups excluding carboxylic acids is 2. The molecule has 0 saturated heterocycles. The molecule has 1 unspecified atom stereocenters. The van der Waals surface area contributed by atoms with E-state index in [1.165, 1.54) is 24.7 Å². The largest absolute Gasteiger partial charge is 0.454 e. The molecule has 2 heterocycles. The SMILES string of the molecule is CNc1ncc(C(=O)NC2(C(=O)NC(C)c3ncc(Oc4ccccc4Cl)cc3F)CC2)cn1. The molecule has 2 aromatic heterocycles. The predicted molar refractivity (Wildman–Crippen MR) is 123 cm³/mol. The summed E-state index contributed by atoms with van der Waals surface area (Å²) in [7, 11) is 1.66. The van der Waals surface area contributed by atoms with Crippen molar-refractivity contribution in [3.05, 3.63) is 71.0 Å². The maximum Gasteiger partial charge on any atom is 0.255 e. The highest BCUT2D eigenvalue weighted by Crippen LogP contribution is 2.37. The number of ether oxygens (including phenoxy) is 1. The summed E-state index contributed by atoms with van der Waals surface area (Å²) >= 11 is 6.06. The number of aromatic nitrogens is 3. The molecular weight excluding hydrogens is 463 g/mol. The molecule has 0 aliphatic heterocycles. The van der Waals surface area contributed by atoms with Crippen molar-refractivity contribution in [2.24, 2.45) is 0 Å². The van der Waals surface area contributed by atoms with Crippen LogP contribution in [0, 0.1) is 5.82 Å². The van der Waals surface area contributed by atoms with E-state index in [0.29, 0.717) is 29.6 Å². The Kier molecular flexibility index (Phi) is 6.60. The van der Waals surface area contributed by atoms with Gasteiger partial charge in [-0.1, -0.05) is 23.7 Å². The van der Waals surface area contributed by atoms with E-state index in [1.807, 2.05) is 0 Å². The van der Waals surface area contributed by atoms with Crippen molar-refractivity contribution in [1.82, 2.24) is 25.6 Å². The molecule has 11 heteroatoms. The fraction of sp³-hybridized carbons (Fsp3) is 0.261. The summed E-state index contributed by atoms with van der Waals surface area (Å²) < 4.78 is 20.3. The van der Waals surface area contributed by atoms with E-state index in [-0.39, 0.29) is 17.0 Å². The summed E-state index contributed by atoms with van der Waals surface area (Å²) in [6.45, 7) is 1.61. The summed E-state index contributed by atoms with van der Waals surface area (Å²) in [6, 6.07) is 7.25. The van der Waals surface area contributed by atoms with Gasteiger partial charge in [-0.25, -0.2) is 14.4 Å². The molecule has 0 spiro atoms. The van der Waals surface area contributed by atoms with Crippen molar-refractivity contribution in [2.75, 3.05) is 12.4 Å². The van der Waals surface area contributed by atoms with Crippen molar-refractivity contribution >= 4 is 29.4 Å². The predicted octanol–water partition coefficient (Wildman–Crippen LogP) is 3.64. The lowest BCUT2D eigenvalue weighted by molar-refractivity contribution is -0.124. The van der Waals surface area contributed by atoms with Crippen LogP contribution in [0.1, 0.15) is 41.9 Å². The zero-order valence-corrected chi connectivity index (χ0v) is 19.2. The first-order valence-corrected chi connectivity index (χ1v) is 10.9. The van der Waals surface area contributed by atoms with Crippen LogP contribution in [0.25, 0.3) is 0 Å². The van der Waals surface area contributed by atoms with Crippen LogP contribution in [0.2, 0.25) is 5.02 Å². The number of benzene rings is 1. The number of nitrogens with one attached hydrogen (secondary N) is 3. The molecule has 3 aromatic rings. The van der Waals surface area contributed by atoms with Crippen molar-refractivity contribution < 1.29 is 18.7 Å². The average molecular weight is 485 g/mol. The Bertz CT molecular complexity index is 1220. The van der Waals surface area contributed by atoms with Crippen LogP contribution >= 0.6 is 11.6 Å². The van der Waals surface area contributed by atoms with E-state index in [0.717, 1.165) is 0 Å². The van der Waals surface area contributed by atoms with Crippen LogP contribution in [0.3, 0.4) is 0 Å². The number of hydrogen-bond donors (Lipinski definition) is 3. The molecule has 9 nitrogen and oxygen atoms in total. The molecule has 3 N–H and O–H groups in total. The van der Waals surface area contributed by atoms with Crippen LogP contribution in [0.4, 0.5) is 10.3 Å². The fourth-order valence-electron chi connectivity index (χ4n) is 3.26. The molecule has 1 fully saturated rings. The van der Waals surface area contributed by atoms with Gasteiger partial charge in [-0.3, -0.25) is 14.6 Å². The lowest BCUT2D eigenvalue weighted by Crippen LogP contribution is -2.49. The standard InChI is InChI=1S/C23H22ClFN6O3/c1-13(19-17(25)9-15(12-27-19)34-18-6-4-3-5-16(18)24)30-21(33)23(7-8-23)31-20(32)14-10-28-22(26-2)29-11-14/h3-6,9-13H,7-8H2,1-2H3,(H,30,33)(H,31,32)(H,26,28,29). The van der Waals surface area contributed by atoms with Gasteiger partial charge in [-0.2, -0.15) is 0 Å². The summed E-state index contributed by atoms with van der Waals surface area (Å²) in [6.07, 6.45) is 5.03. The van der Waals surface area contributed by atoms with Crippen LogP contribution < -0.4 is 20.7 Å². The number of hydrogen-bond acceptors (Lipinski definition) is 7. The second-order valence-electron chi connectivity index (χ2n) is 7.85. The van der Waals surface area contributed by atoms with Gasteiger partial charge in [-0.05, 0) is 31.9 Å². The number of carbonyl (C=O) groups is 2. The molecule has 1 atom stereocenters. The van der Waals surface area contributed by atoms with Crippen molar-refractivity contribution in [3.8, 4) is 11.5 Å². The fourth-order valence-corrected chi connectivity index (χ4v) is 3.44. The first-order valence-electron chi connectivity index (χ1n) is 10.5. The maximum atomic E-state index is 14.7. The van der Waals surface area contributed by atoms with Gasteiger partial charge in [0.15, 0.2) is 5.82 Å². The van der Waals surface area contributed by atoms with Gasteiger partial charge in [0.05, 0.1) is 28.5 Å². The molecule has 2 amide bonds. The first-order chi connectivity index (χ1) is 16.3. The van der Waals surface area contributed by atoms with Gasteiger partial charge in [-0.15, -0.1) is 0 Å². The molecule has 4 rings (SSSR count). The van der Waals surface area contributed by atoms with Gasteiger partial charge < -0.3 is 20.7 Å². The number of rotatable bonds is 8. The van der Waals surface area contributed by atoms with E-state index in [2.05, 4.69) is 30.9 Å². The Morgan fingerprint density at radius 3 is 2.47 bits per heavy atom. The molecule has 34 heavy (non-hydrogen) atoms. The zero-order chi connectivity index (χ0) is 24.3. The first kappa shape index (κ1) is 23.4. The average Bonchev–Trinajstić information content (AvgIpc) is 3.61. The van der Waals surface area contributed by atoms with Gasteiger partial charge in [0.25, 0.3) is 5.91 Å². The van der Waals surface area contributed by atoms with Crippen molar-refractivity contribution in [3.63, 3.8) is 0 Å². The molecule has 0 radical (unpaired) electrons.